The van der Waals surface area contributed by atoms with Crippen LogP contribution in [0.3, 0.4) is 0 Å². The maximum atomic E-state index is 5.74. The SMILES string of the molecule is CONCc1ccc(OCc2ccc(C)cc2)cc1. The Balaban J connectivity index is 1.87. The van der Waals surface area contributed by atoms with Gasteiger partial charge in [-0.1, -0.05) is 42.0 Å². The third kappa shape index (κ3) is 4.39. The van der Waals surface area contributed by atoms with Gasteiger partial charge in [0.05, 0.1) is 7.11 Å². The number of hydrogen-bond donors (Lipinski definition) is 1. The summed E-state index contributed by atoms with van der Waals surface area (Å²) in [6, 6.07) is 16.4. The third-order valence-electron chi connectivity index (χ3n) is 2.87. The second kappa shape index (κ2) is 6.92. The minimum Gasteiger partial charge on any atom is -0.489 e. The van der Waals surface area contributed by atoms with Crippen molar-refractivity contribution in [2.75, 3.05) is 7.11 Å². The molecule has 0 saturated heterocycles. The molecule has 2 aromatic carbocycles. The highest BCUT2D eigenvalue weighted by molar-refractivity contribution is 5.28. The van der Waals surface area contributed by atoms with Crippen molar-refractivity contribution in [2.45, 2.75) is 20.1 Å². The fraction of sp³-hybridized carbons (Fsp3) is 0.250. The summed E-state index contributed by atoms with van der Waals surface area (Å²) >= 11 is 0. The molecule has 0 heterocycles. The largest absolute Gasteiger partial charge is 0.489 e. The van der Waals surface area contributed by atoms with Gasteiger partial charge < -0.3 is 9.57 Å². The maximum absolute atomic E-state index is 5.74. The summed E-state index contributed by atoms with van der Waals surface area (Å²) in [7, 11) is 1.61. The van der Waals surface area contributed by atoms with Gasteiger partial charge in [0.25, 0.3) is 0 Å². The Labute approximate surface area is 114 Å². The van der Waals surface area contributed by atoms with E-state index in [1.807, 2.05) is 24.3 Å². The van der Waals surface area contributed by atoms with E-state index in [1.54, 1.807) is 7.11 Å². The standard InChI is InChI=1S/C16H19NO2/c1-13-3-5-15(6-4-13)12-19-16-9-7-14(8-10-16)11-17-18-2/h3-10,17H,11-12H2,1-2H3. The van der Waals surface area contributed by atoms with E-state index in [0.29, 0.717) is 13.2 Å². The first-order valence-corrected chi connectivity index (χ1v) is 6.31. The van der Waals surface area contributed by atoms with Crippen LogP contribution in [0.15, 0.2) is 48.5 Å². The fourth-order valence-corrected chi connectivity index (χ4v) is 1.71. The van der Waals surface area contributed by atoms with Crippen LogP contribution in [0.2, 0.25) is 0 Å². The van der Waals surface area contributed by atoms with E-state index < -0.39 is 0 Å². The van der Waals surface area contributed by atoms with E-state index in [4.69, 9.17) is 9.57 Å². The molecule has 19 heavy (non-hydrogen) atoms. The van der Waals surface area contributed by atoms with Crippen molar-refractivity contribution < 1.29 is 9.57 Å². The van der Waals surface area contributed by atoms with Crippen molar-refractivity contribution in [2.24, 2.45) is 0 Å². The van der Waals surface area contributed by atoms with Gasteiger partial charge in [-0.3, -0.25) is 0 Å². The average molecular weight is 257 g/mol. The molecular weight excluding hydrogens is 238 g/mol. The van der Waals surface area contributed by atoms with Gasteiger partial charge in [0.1, 0.15) is 12.4 Å². The first-order chi connectivity index (χ1) is 9.28. The number of nitrogens with one attached hydrogen (secondary N) is 1. The minimum atomic E-state index is 0.593. The van der Waals surface area contributed by atoms with Crippen LogP contribution in [-0.2, 0) is 18.0 Å². The van der Waals surface area contributed by atoms with Crippen LogP contribution in [0, 0.1) is 6.92 Å². The van der Waals surface area contributed by atoms with Crippen molar-refractivity contribution in [3.8, 4) is 5.75 Å². The van der Waals surface area contributed by atoms with E-state index in [-0.39, 0.29) is 0 Å². The van der Waals surface area contributed by atoms with Crippen LogP contribution >= 0.6 is 0 Å². The first kappa shape index (κ1) is 13.6. The Hall–Kier alpha value is -1.84. The van der Waals surface area contributed by atoms with Gasteiger partial charge in [0.2, 0.25) is 0 Å². The number of aryl methyl sites for hydroxylation is 1. The smallest absolute Gasteiger partial charge is 0.119 e. The van der Waals surface area contributed by atoms with Crippen LogP contribution in [0.1, 0.15) is 16.7 Å². The molecule has 0 aromatic heterocycles. The number of rotatable bonds is 6. The first-order valence-electron chi connectivity index (χ1n) is 6.31. The molecule has 0 spiro atoms. The van der Waals surface area contributed by atoms with E-state index in [9.17, 15) is 0 Å². The van der Waals surface area contributed by atoms with Gasteiger partial charge in [0, 0.05) is 6.54 Å². The van der Waals surface area contributed by atoms with Crippen LogP contribution in [0.25, 0.3) is 0 Å². The summed E-state index contributed by atoms with van der Waals surface area (Å²) in [6.07, 6.45) is 0. The van der Waals surface area contributed by atoms with Gasteiger partial charge in [-0.25, -0.2) is 0 Å². The van der Waals surface area contributed by atoms with Gasteiger partial charge in [0.15, 0.2) is 0 Å². The van der Waals surface area contributed by atoms with Crippen LogP contribution < -0.4 is 10.2 Å². The van der Waals surface area contributed by atoms with Crippen molar-refractivity contribution in [1.29, 1.82) is 0 Å². The Morgan fingerprint density at radius 2 is 1.53 bits per heavy atom. The summed E-state index contributed by atoms with van der Waals surface area (Å²) < 4.78 is 5.74. The maximum Gasteiger partial charge on any atom is 0.119 e. The van der Waals surface area contributed by atoms with Crippen LogP contribution in [-0.4, -0.2) is 7.11 Å². The van der Waals surface area contributed by atoms with Crippen molar-refractivity contribution in [3.05, 3.63) is 65.2 Å². The zero-order chi connectivity index (χ0) is 13.5. The highest BCUT2D eigenvalue weighted by Crippen LogP contribution is 2.14. The lowest BCUT2D eigenvalue weighted by molar-refractivity contribution is 0.0867. The van der Waals surface area contributed by atoms with E-state index in [0.717, 1.165) is 11.3 Å². The van der Waals surface area contributed by atoms with Gasteiger partial charge >= 0.3 is 0 Å². The molecule has 3 nitrogen and oxygen atoms in total. The summed E-state index contributed by atoms with van der Waals surface area (Å²) in [6.45, 7) is 3.36. The predicted molar refractivity (Wildman–Crippen MR) is 75.8 cm³/mol. The lowest BCUT2D eigenvalue weighted by Gasteiger charge is -2.08. The molecule has 100 valence electrons. The third-order valence-corrected chi connectivity index (χ3v) is 2.87. The molecule has 0 aliphatic carbocycles. The molecule has 0 bridgehead atoms. The highest BCUT2D eigenvalue weighted by atomic mass is 16.6. The van der Waals surface area contributed by atoms with Crippen LogP contribution in [0.4, 0.5) is 0 Å². The van der Waals surface area contributed by atoms with Gasteiger partial charge in [-0.2, -0.15) is 5.48 Å². The minimum absolute atomic E-state index is 0.593. The Morgan fingerprint density at radius 3 is 2.16 bits per heavy atom. The summed E-state index contributed by atoms with van der Waals surface area (Å²) in [5.41, 5.74) is 6.40. The quantitative estimate of drug-likeness (QED) is 0.806. The topological polar surface area (TPSA) is 30.5 Å². The van der Waals surface area contributed by atoms with Gasteiger partial charge in [-0.15, -0.1) is 0 Å². The Bertz CT molecular complexity index is 491. The molecule has 3 heteroatoms. The molecule has 0 amide bonds. The predicted octanol–water partition coefficient (Wildman–Crippen LogP) is 3.23. The summed E-state index contributed by atoms with van der Waals surface area (Å²) in [4.78, 5) is 4.81. The number of ether oxygens (including phenoxy) is 1. The lowest BCUT2D eigenvalue weighted by atomic mass is 10.2. The number of hydroxylamine groups is 1. The summed E-state index contributed by atoms with van der Waals surface area (Å²) in [5.74, 6) is 0.877. The second-order valence-corrected chi connectivity index (χ2v) is 4.44. The monoisotopic (exact) mass is 257 g/mol. The number of hydrogen-bond acceptors (Lipinski definition) is 3. The van der Waals surface area contributed by atoms with E-state index in [2.05, 4.69) is 36.7 Å². The van der Waals surface area contributed by atoms with E-state index in [1.165, 1.54) is 11.1 Å². The highest BCUT2D eigenvalue weighted by Gasteiger charge is 1.97. The van der Waals surface area contributed by atoms with Crippen molar-refractivity contribution >= 4 is 0 Å². The lowest BCUT2D eigenvalue weighted by Crippen LogP contribution is -2.10. The van der Waals surface area contributed by atoms with Crippen molar-refractivity contribution in [1.82, 2.24) is 5.48 Å². The molecule has 1 N–H and O–H groups in total. The zero-order valence-corrected chi connectivity index (χ0v) is 11.3. The van der Waals surface area contributed by atoms with Crippen LogP contribution in [0.5, 0.6) is 5.75 Å². The molecule has 0 atom stereocenters. The molecule has 2 rings (SSSR count). The normalized spacial score (nSPS) is 10.4. The molecule has 0 aliphatic rings. The molecule has 0 aliphatic heterocycles. The molecule has 0 unspecified atom stereocenters. The zero-order valence-electron chi connectivity index (χ0n) is 11.3. The summed E-state index contributed by atoms with van der Waals surface area (Å²) in [5, 5.41) is 0. The molecule has 0 radical (unpaired) electrons. The van der Waals surface area contributed by atoms with Gasteiger partial charge in [-0.05, 0) is 30.2 Å². The molecule has 2 aromatic rings. The molecule has 0 saturated carbocycles. The Kier molecular flexibility index (Phi) is 4.95. The van der Waals surface area contributed by atoms with E-state index >= 15 is 0 Å². The fourth-order valence-electron chi connectivity index (χ4n) is 1.71. The Morgan fingerprint density at radius 1 is 0.895 bits per heavy atom. The van der Waals surface area contributed by atoms with Crippen molar-refractivity contribution in [3.63, 3.8) is 0 Å². The average Bonchev–Trinajstić information content (AvgIpc) is 2.46. The molecular formula is C16H19NO2. The number of benzene rings is 2. The molecule has 0 fully saturated rings. The second-order valence-electron chi connectivity index (χ2n) is 4.44.